The van der Waals surface area contributed by atoms with E-state index >= 15 is 0 Å². The highest BCUT2D eigenvalue weighted by atomic mass is 32.2. The molecule has 0 aliphatic rings. The van der Waals surface area contributed by atoms with Crippen LogP contribution in [0.25, 0.3) is 0 Å². The van der Waals surface area contributed by atoms with Gasteiger partial charge in [0.1, 0.15) is 34.5 Å². The van der Waals surface area contributed by atoms with Gasteiger partial charge in [-0.25, -0.2) is 9.59 Å². The minimum atomic E-state index is -4.53. The van der Waals surface area contributed by atoms with Crippen LogP contribution in [-0.4, -0.2) is 71.1 Å². The van der Waals surface area contributed by atoms with Gasteiger partial charge in [0.05, 0.1) is 38.3 Å². The predicted octanol–water partition coefficient (Wildman–Crippen LogP) is 4.04. The van der Waals surface area contributed by atoms with Crippen molar-refractivity contribution in [2.75, 3.05) is 21.3 Å². The van der Waals surface area contributed by atoms with Crippen LogP contribution >= 0.6 is 0 Å². The van der Waals surface area contributed by atoms with E-state index in [0.717, 1.165) is 5.56 Å². The largest absolute Gasteiger partial charge is 0.496 e. The zero-order chi connectivity index (χ0) is 34.2. The van der Waals surface area contributed by atoms with Gasteiger partial charge in [-0.3, -0.25) is 8.98 Å². The number of rotatable bonds is 13. The molecule has 2 rings (SSSR count). The minimum absolute atomic E-state index is 0.184. The number of carbonyl (C=O) groups is 3. The Morgan fingerprint density at radius 2 is 1.36 bits per heavy atom. The van der Waals surface area contributed by atoms with Gasteiger partial charge < -0.3 is 34.3 Å². The molecule has 0 bridgehead atoms. The summed E-state index contributed by atoms with van der Waals surface area (Å²) >= 11 is 0. The second-order valence-electron chi connectivity index (χ2n) is 12.0. The van der Waals surface area contributed by atoms with Crippen LogP contribution in [0.3, 0.4) is 0 Å². The van der Waals surface area contributed by atoms with E-state index in [9.17, 15) is 22.8 Å². The summed E-state index contributed by atoms with van der Waals surface area (Å²) in [6.07, 6.45) is -3.41. The number of alkyl carbamates (subject to hydrolysis) is 1. The lowest BCUT2D eigenvalue weighted by Gasteiger charge is -2.28. The lowest BCUT2D eigenvalue weighted by Crippen LogP contribution is -2.50. The summed E-state index contributed by atoms with van der Waals surface area (Å²) in [6.45, 7) is 11.3. The Bertz CT molecular complexity index is 1420. The van der Waals surface area contributed by atoms with Gasteiger partial charge in [-0.05, 0) is 60.6 Å². The van der Waals surface area contributed by atoms with Crippen LogP contribution in [0, 0.1) is 6.92 Å². The summed E-state index contributed by atoms with van der Waals surface area (Å²) in [5.41, 5.74) is -0.665. The van der Waals surface area contributed by atoms with Crippen LogP contribution in [0.5, 0.6) is 17.2 Å². The van der Waals surface area contributed by atoms with Crippen molar-refractivity contribution in [1.29, 1.82) is 0 Å². The summed E-state index contributed by atoms with van der Waals surface area (Å²) < 4.78 is 58.9. The molecule has 45 heavy (non-hydrogen) atoms. The van der Waals surface area contributed by atoms with Gasteiger partial charge in [-0.2, -0.15) is 8.42 Å². The minimum Gasteiger partial charge on any atom is -0.496 e. The van der Waals surface area contributed by atoms with Gasteiger partial charge >= 0.3 is 12.1 Å². The molecule has 2 amide bonds. The number of nitrogens with one attached hydrogen (secondary N) is 2. The Morgan fingerprint density at radius 3 is 1.82 bits per heavy atom. The smallest absolute Gasteiger partial charge is 0.408 e. The number of esters is 1. The first-order chi connectivity index (χ1) is 20.8. The molecule has 250 valence electrons. The SMILES string of the molecule is COc1cc(OC)c(CNC(=O)[C@@H](C[C@@H](NC(=O)OC(C)(C)C)C(=O)OC(C)(C)C)OS(=O)(=O)c2ccc(C)cc2)c(OC)c1. The second-order valence-corrected chi connectivity index (χ2v) is 13.6. The highest BCUT2D eigenvalue weighted by molar-refractivity contribution is 7.86. The van der Waals surface area contributed by atoms with Gasteiger partial charge in [0, 0.05) is 18.6 Å². The number of hydrogen-bond acceptors (Lipinski definition) is 11. The van der Waals surface area contributed by atoms with Gasteiger partial charge in [0.2, 0.25) is 0 Å². The number of benzene rings is 2. The van der Waals surface area contributed by atoms with Crippen LogP contribution < -0.4 is 24.8 Å². The number of amides is 2. The summed E-state index contributed by atoms with van der Waals surface area (Å²) in [5, 5.41) is 5.02. The van der Waals surface area contributed by atoms with Crippen molar-refractivity contribution in [3.8, 4) is 17.2 Å². The summed E-state index contributed by atoms with van der Waals surface area (Å²) in [4.78, 5) is 39.4. The molecular weight excluding hydrogens is 608 g/mol. The third kappa shape index (κ3) is 11.8. The third-order valence-corrected chi connectivity index (χ3v) is 7.27. The molecule has 0 spiro atoms. The number of carbonyl (C=O) groups excluding carboxylic acids is 3. The highest BCUT2D eigenvalue weighted by Gasteiger charge is 2.36. The lowest BCUT2D eigenvalue weighted by atomic mass is 10.1. The molecule has 2 N–H and O–H groups in total. The number of ether oxygens (including phenoxy) is 5. The summed E-state index contributed by atoms with van der Waals surface area (Å²) in [7, 11) is -0.207. The van der Waals surface area contributed by atoms with Gasteiger partial charge in [-0.15, -0.1) is 0 Å². The topological polar surface area (TPSA) is 165 Å². The molecule has 0 unspecified atom stereocenters. The van der Waals surface area contributed by atoms with Crippen molar-refractivity contribution in [1.82, 2.24) is 10.6 Å². The van der Waals surface area contributed by atoms with E-state index in [1.807, 2.05) is 0 Å². The first kappa shape index (κ1) is 37.1. The molecule has 2 atom stereocenters. The Hall–Kier alpha value is -4.04. The van der Waals surface area contributed by atoms with Crippen molar-refractivity contribution >= 4 is 28.1 Å². The summed E-state index contributed by atoms with van der Waals surface area (Å²) in [6, 6.07) is 7.44. The molecule has 0 aliphatic heterocycles. The average molecular weight is 653 g/mol. The van der Waals surface area contributed by atoms with Crippen LogP contribution in [0.4, 0.5) is 4.79 Å². The molecule has 0 saturated heterocycles. The molecule has 0 aromatic heterocycles. The standard InChI is InChI=1S/C31H44N2O11S/c1-19-11-13-21(14-12-19)45(37,38)44-26(17-23(28(35)42-30(2,3)4)33-29(36)43-31(5,6)7)27(34)32-18-22-24(40-9)15-20(39-8)16-25(22)41-10/h11-16,23,26H,17-18H2,1-10H3,(H,32,34)(H,33,36)/t23-,26-/m1/s1. The van der Waals surface area contributed by atoms with Crippen molar-refractivity contribution in [2.24, 2.45) is 0 Å². The Kier molecular flexibility index (Phi) is 12.6. The van der Waals surface area contributed by atoms with E-state index in [1.165, 1.54) is 33.5 Å². The monoisotopic (exact) mass is 652 g/mol. The molecule has 0 saturated carbocycles. The fourth-order valence-corrected chi connectivity index (χ4v) is 4.95. The average Bonchev–Trinajstić information content (AvgIpc) is 2.92. The zero-order valence-electron chi connectivity index (χ0n) is 27.4. The molecule has 0 fully saturated rings. The first-order valence-electron chi connectivity index (χ1n) is 14.1. The fourth-order valence-electron chi connectivity index (χ4n) is 3.90. The van der Waals surface area contributed by atoms with Crippen molar-refractivity contribution in [3.05, 3.63) is 47.5 Å². The predicted molar refractivity (Wildman–Crippen MR) is 165 cm³/mol. The number of methoxy groups -OCH3 is 3. The quantitative estimate of drug-likeness (QED) is 0.237. The van der Waals surface area contributed by atoms with Crippen LogP contribution in [0.1, 0.15) is 59.1 Å². The maximum atomic E-state index is 13.7. The van der Waals surface area contributed by atoms with Crippen LogP contribution in [-0.2, 0) is 39.9 Å². The van der Waals surface area contributed by atoms with Crippen LogP contribution in [0.2, 0.25) is 0 Å². The Balaban J connectivity index is 2.50. The highest BCUT2D eigenvalue weighted by Crippen LogP contribution is 2.34. The number of aryl methyl sites for hydroxylation is 1. The second kappa shape index (κ2) is 15.3. The maximum Gasteiger partial charge on any atom is 0.408 e. The molecule has 0 radical (unpaired) electrons. The molecule has 0 aliphatic carbocycles. The van der Waals surface area contributed by atoms with Crippen molar-refractivity contribution in [2.45, 2.75) is 89.7 Å². The maximum absolute atomic E-state index is 13.7. The van der Waals surface area contributed by atoms with Crippen molar-refractivity contribution < 1.29 is 50.7 Å². The first-order valence-corrected chi connectivity index (χ1v) is 15.5. The molecule has 2 aromatic rings. The molecule has 2 aromatic carbocycles. The van der Waals surface area contributed by atoms with Crippen molar-refractivity contribution in [3.63, 3.8) is 0 Å². The van der Waals surface area contributed by atoms with E-state index in [2.05, 4.69) is 10.6 Å². The Morgan fingerprint density at radius 1 is 0.822 bits per heavy atom. The van der Waals surface area contributed by atoms with E-state index in [0.29, 0.717) is 22.8 Å². The molecule has 14 heteroatoms. The van der Waals surface area contributed by atoms with Gasteiger partial charge in [0.25, 0.3) is 16.0 Å². The van der Waals surface area contributed by atoms with Crippen LogP contribution in [0.15, 0.2) is 41.3 Å². The normalized spacial score (nSPS) is 13.2. The molecule has 0 heterocycles. The van der Waals surface area contributed by atoms with Gasteiger partial charge in [0.15, 0.2) is 6.10 Å². The van der Waals surface area contributed by atoms with Gasteiger partial charge in [-0.1, -0.05) is 17.7 Å². The third-order valence-electron chi connectivity index (χ3n) is 5.93. The fraction of sp³-hybridized carbons (Fsp3) is 0.516. The number of hydrogen-bond donors (Lipinski definition) is 2. The van der Waals surface area contributed by atoms with E-state index < -0.39 is 57.9 Å². The lowest BCUT2D eigenvalue weighted by molar-refractivity contribution is -0.158. The molecule has 13 nitrogen and oxygen atoms in total. The van der Waals surface area contributed by atoms with E-state index in [1.54, 1.807) is 72.7 Å². The van der Waals surface area contributed by atoms with E-state index in [-0.39, 0.29) is 11.4 Å². The summed E-state index contributed by atoms with van der Waals surface area (Å²) in [5.74, 6) is -0.743. The zero-order valence-corrected chi connectivity index (χ0v) is 28.2. The Labute approximate surface area is 265 Å². The van der Waals surface area contributed by atoms with E-state index in [4.69, 9.17) is 27.9 Å². The molecular formula is C31H44N2O11S.